The van der Waals surface area contributed by atoms with Gasteiger partial charge in [-0.2, -0.15) is 0 Å². The van der Waals surface area contributed by atoms with Crippen LogP contribution in [0.1, 0.15) is 32.7 Å². The molecule has 1 aromatic carbocycles. The summed E-state index contributed by atoms with van der Waals surface area (Å²) in [7, 11) is 0. The Kier molecular flexibility index (Phi) is 3.08. The second-order valence-corrected chi connectivity index (χ2v) is 5.31. The number of thiazole rings is 1. The van der Waals surface area contributed by atoms with Gasteiger partial charge < -0.3 is 5.11 Å². The molecule has 16 heavy (non-hydrogen) atoms. The van der Waals surface area contributed by atoms with Crippen molar-refractivity contribution in [3.05, 3.63) is 51.0 Å². The van der Waals surface area contributed by atoms with E-state index < -0.39 is 6.10 Å². The summed E-state index contributed by atoms with van der Waals surface area (Å²) in [6, 6.07) is 6.14. The second kappa shape index (κ2) is 4.36. The van der Waals surface area contributed by atoms with E-state index in [4.69, 9.17) is 0 Å². The smallest absolute Gasteiger partial charge is 0.115 e. The van der Waals surface area contributed by atoms with Crippen LogP contribution in [0.4, 0.5) is 0 Å². The molecule has 0 fully saturated rings. The molecule has 84 valence electrons. The van der Waals surface area contributed by atoms with E-state index >= 15 is 0 Å². The van der Waals surface area contributed by atoms with Crippen molar-refractivity contribution in [1.82, 2.24) is 4.98 Å². The van der Waals surface area contributed by atoms with Crippen LogP contribution in [0.2, 0.25) is 0 Å². The van der Waals surface area contributed by atoms with Gasteiger partial charge in [0.2, 0.25) is 0 Å². The Bertz CT molecular complexity index is 504. The maximum Gasteiger partial charge on any atom is 0.115 e. The molecule has 1 atom stereocenters. The van der Waals surface area contributed by atoms with Crippen molar-refractivity contribution in [2.24, 2.45) is 0 Å². The van der Waals surface area contributed by atoms with Crippen molar-refractivity contribution in [2.45, 2.75) is 26.9 Å². The predicted octanol–water partition coefficient (Wildman–Crippen LogP) is 3.15. The topological polar surface area (TPSA) is 33.1 Å². The van der Waals surface area contributed by atoms with Gasteiger partial charge in [0.25, 0.3) is 0 Å². The number of aliphatic hydroxyl groups excluding tert-OH is 1. The highest BCUT2D eigenvalue weighted by Crippen LogP contribution is 2.29. The fourth-order valence-corrected chi connectivity index (χ4v) is 2.50. The van der Waals surface area contributed by atoms with E-state index in [0.717, 1.165) is 21.0 Å². The van der Waals surface area contributed by atoms with E-state index in [0.29, 0.717) is 0 Å². The third-order valence-electron chi connectivity index (χ3n) is 2.64. The predicted molar refractivity (Wildman–Crippen MR) is 66.8 cm³/mol. The van der Waals surface area contributed by atoms with Crippen molar-refractivity contribution in [1.29, 1.82) is 0 Å². The summed E-state index contributed by atoms with van der Waals surface area (Å²) in [5.74, 6) is 0. The number of benzene rings is 1. The Hall–Kier alpha value is -1.19. The van der Waals surface area contributed by atoms with Gasteiger partial charge in [0.1, 0.15) is 6.10 Å². The number of aliphatic hydroxyl groups is 1. The number of nitrogens with zero attached hydrogens (tertiary/aromatic N) is 1. The molecule has 1 unspecified atom stereocenters. The van der Waals surface area contributed by atoms with E-state index in [1.165, 1.54) is 5.56 Å². The molecular weight excluding hydrogens is 218 g/mol. The lowest BCUT2D eigenvalue weighted by Crippen LogP contribution is -2.00. The molecule has 0 amide bonds. The largest absolute Gasteiger partial charge is 0.383 e. The van der Waals surface area contributed by atoms with Crippen LogP contribution in [0.15, 0.2) is 24.4 Å². The van der Waals surface area contributed by atoms with Gasteiger partial charge in [-0.1, -0.05) is 23.8 Å². The average molecular weight is 233 g/mol. The van der Waals surface area contributed by atoms with E-state index in [-0.39, 0.29) is 0 Å². The van der Waals surface area contributed by atoms with Gasteiger partial charge in [-0.05, 0) is 31.9 Å². The van der Waals surface area contributed by atoms with Crippen molar-refractivity contribution in [3.63, 3.8) is 0 Å². The maximum atomic E-state index is 10.3. The van der Waals surface area contributed by atoms with Gasteiger partial charge in [0.15, 0.2) is 0 Å². The Morgan fingerprint density at radius 3 is 2.62 bits per heavy atom. The highest BCUT2D eigenvalue weighted by atomic mass is 32.1. The van der Waals surface area contributed by atoms with Crippen LogP contribution < -0.4 is 0 Å². The van der Waals surface area contributed by atoms with Crippen molar-refractivity contribution >= 4 is 11.3 Å². The molecule has 1 heterocycles. The lowest BCUT2D eigenvalue weighted by molar-refractivity contribution is 0.223. The SMILES string of the molecule is Cc1ccc(C)c(C(O)c2cnc(C)s2)c1. The minimum absolute atomic E-state index is 0.550. The molecule has 0 saturated carbocycles. The summed E-state index contributed by atoms with van der Waals surface area (Å²) in [6.07, 6.45) is 1.21. The van der Waals surface area contributed by atoms with Gasteiger partial charge in [-0.3, -0.25) is 0 Å². The average Bonchev–Trinajstić information content (AvgIpc) is 2.67. The van der Waals surface area contributed by atoms with Crippen LogP contribution in [-0.4, -0.2) is 10.1 Å². The van der Waals surface area contributed by atoms with Crippen LogP contribution in [0.25, 0.3) is 0 Å². The van der Waals surface area contributed by atoms with Crippen molar-refractivity contribution in [2.75, 3.05) is 0 Å². The third kappa shape index (κ3) is 2.15. The quantitative estimate of drug-likeness (QED) is 0.864. The highest BCUT2D eigenvalue weighted by molar-refractivity contribution is 7.11. The molecule has 3 heteroatoms. The maximum absolute atomic E-state index is 10.3. The molecule has 1 aromatic heterocycles. The van der Waals surface area contributed by atoms with Gasteiger partial charge in [0, 0.05) is 6.20 Å². The standard InChI is InChI=1S/C13H15NOS/c1-8-4-5-9(2)11(6-8)13(15)12-7-14-10(3)16-12/h4-7,13,15H,1-3H3. The first-order valence-corrected chi connectivity index (χ1v) is 6.07. The van der Waals surface area contributed by atoms with E-state index in [1.54, 1.807) is 17.5 Å². The Morgan fingerprint density at radius 2 is 2.00 bits per heavy atom. The summed E-state index contributed by atoms with van der Waals surface area (Å²) in [4.78, 5) is 5.08. The highest BCUT2D eigenvalue weighted by Gasteiger charge is 2.15. The molecule has 0 radical (unpaired) electrons. The fourth-order valence-electron chi connectivity index (χ4n) is 1.71. The molecule has 0 saturated heterocycles. The zero-order valence-electron chi connectivity index (χ0n) is 9.69. The number of aryl methyl sites for hydroxylation is 3. The van der Waals surface area contributed by atoms with Gasteiger partial charge in [0.05, 0.1) is 9.88 Å². The zero-order chi connectivity index (χ0) is 11.7. The van der Waals surface area contributed by atoms with E-state index in [9.17, 15) is 5.11 Å². The number of hydrogen-bond acceptors (Lipinski definition) is 3. The number of aromatic nitrogens is 1. The second-order valence-electron chi connectivity index (χ2n) is 4.04. The zero-order valence-corrected chi connectivity index (χ0v) is 10.5. The molecule has 0 bridgehead atoms. The van der Waals surface area contributed by atoms with E-state index in [1.807, 2.05) is 32.9 Å². The van der Waals surface area contributed by atoms with Crippen LogP contribution in [-0.2, 0) is 0 Å². The molecule has 0 aliphatic heterocycles. The number of hydrogen-bond donors (Lipinski definition) is 1. The van der Waals surface area contributed by atoms with Crippen LogP contribution in [0, 0.1) is 20.8 Å². The van der Waals surface area contributed by atoms with Crippen LogP contribution >= 0.6 is 11.3 Å². The molecule has 2 rings (SSSR count). The van der Waals surface area contributed by atoms with Gasteiger partial charge >= 0.3 is 0 Å². The normalized spacial score (nSPS) is 12.8. The van der Waals surface area contributed by atoms with Crippen molar-refractivity contribution in [3.8, 4) is 0 Å². The Labute approximate surface area is 99.6 Å². The monoisotopic (exact) mass is 233 g/mol. The molecule has 0 aliphatic rings. The van der Waals surface area contributed by atoms with E-state index in [2.05, 4.69) is 11.1 Å². The molecule has 2 aromatic rings. The molecule has 1 N–H and O–H groups in total. The lowest BCUT2D eigenvalue weighted by atomic mass is 10.0. The minimum Gasteiger partial charge on any atom is -0.383 e. The summed E-state index contributed by atoms with van der Waals surface area (Å²) < 4.78 is 0. The molecule has 2 nitrogen and oxygen atoms in total. The first-order chi connectivity index (χ1) is 7.58. The summed E-state index contributed by atoms with van der Waals surface area (Å²) in [6.45, 7) is 6.00. The lowest BCUT2D eigenvalue weighted by Gasteiger charge is -2.12. The van der Waals surface area contributed by atoms with Crippen LogP contribution in [0.3, 0.4) is 0 Å². The Morgan fingerprint density at radius 1 is 1.25 bits per heavy atom. The third-order valence-corrected chi connectivity index (χ3v) is 3.60. The first-order valence-electron chi connectivity index (χ1n) is 5.25. The molecule has 0 aliphatic carbocycles. The summed E-state index contributed by atoms with van der Waals surface area (Å²) in [5.41, 5.74) is 3.26. The number of rotatable bonds is 2. The minimum atomic E-state index is -0.550. The summed E-state index contributed by atoms with van der Waals surface area (Å²) >= 11 is 1.54. The van der Waals surface area contributed by atoms with Crippen molar-refractivity contribution < 1.29 is 5.11 Å². The first kappa shape index (κ1) is 11.3. The van der Waals surface area contributed by atoms with Gasteiger partial charge in [-0.25, -0.2) is 4.98 Å². The fraction of sp³-hybridized carbons (Fsp3) is 0.308. The molecule has 0 spiro atoms. The summed E-state index contributed by atoms with van der Waals surface area (Å²) in [5, 5.41) is 11.3. The molecular formula is C13H15NOS. The Balaban J connectivity index is 2.40. The van der Waals surface area contributed by atoms with Gasteiger partial charge in [-0.15, -0.1) is 11.3 Å². The van der Waals surface area contributed by atoms with Crippen LogP contribution in [0.5, 0.6) is 0 Å².